The second kappa shape index (κ2) is 5.61. The van der Waals surface area contributed by atoms with Crippen molar-refractivity contribution in [2.75, 3.05) is 20.2 Å². The van der Waals surface area contributed by atoms with Gasteiger partial charge in [-0.3, -0.25) is 9.59 Å². The summed E-state index contributed by atoms with van der Waals surface area (Å²) in [5.74, 6) is -0.542. The molecule has 0 aromatic carbocycles. The lowest BCUT2D eigenvalue weighted by Gasteiger charge is -2.29. The van der Waals surface area contributed by atoms with E-state index < -0.39 is 5.97 Å². The summed E-state index contributed by atoms with van der Waals surface area (Å²) in [5.41, 5.74) is 0. The van der Waals surface area contributed by atoms with Crippen LogP contribution in [0.25, 0.3) is 0 Å². The van der Waals surface area contributed by atoms with Crippen LogP contribution in [0.1, 0.15) is 27.4 Å². The number of ether oxygens (including phenoxy) is 1. The highest BCUT2D eigenvalue weighted by molar-refractivity contribution is 7.14. The highest BCUT2D eigenvalue weighted by Crippen LogP contribution is 2.31. The first-order chi connectivity index (χ1) is 9.02. The van der Waals surface area contributed by atoms with Crippen molar-refractivity contribution in [1.82, 2.24) is 4.90 Å². The van der Waals surface area contributed by atoms with Crippen LogP contribution in [0.5, 0.6) is 5.75 Å². The van der Waals surface area contributed by atoms with Gasteiger partial charge in [0.1, 0.15) is 10.6 Å². The number of amides is 1. The van der Waals surface area contributed by atoms with Gasteiger partial charge >= 0.3 is 5.97 Å². The second-order valence-corrected chi connectivity index (χ2v) is 5.92. The van der Waals surface area contributed by atoms with Crippen LogP contribution >= 0.6 is 11.3 Å². The molecule has 0 bridgehead atoms. The zero-order chi connectivity index (χ0) is 14.0. The maximum absolute atomic E-state index is 12.4. The lowest BCUT2D eigenvalue weighted by Crippen LogP contribution is -2.40. The Morgan fingerprint density at radius 3 is 2.58 bits per heavy atom. The summed E-state index contributed by atoms with van der Waals surface area (Å²) in [5, 5.41) is 8.94. The molecule has 1 aliphatic rings. The number of carbonyl (C=O) groups excluding carboxylic acids is 1. The number of aryl methyl sites for hydroxylation is 1. The number of carbonyl (C=O) groups is 2. The van der Waals surface area contributed by atoms with Crippen molar-refractivity contribution in [2.45, 2.75) is 19.8 Å². The minimum atomic E-state index is -0.767. The Hall–Kier alpha value is -1.56. The molecule has 6 heteroatoms. The van der Waals surface area contributed by atoms with Gasteiger partial charge in [0.15, 0.2) is 0 Å². The van der Waals surface area contributed by atoms with Gasteiger partial charge in [-0.25, -0.2) is 0 Å². The molecule has 1 aromatic heterocycles. The van der Waals surface area contributed by atoms with Gasteiger partial charge < -0.3 is 14.7 Å². The predicted octanol–water partition coefficient (Wildman–Crippen LogP) is 2.00. The third kappa shape index (κ3) is 2.89. The molecular formula is C13H17NO4S. The number of carboxylic acid groups (broad SMARTS) is 1. The van der Waals surface area contributed by atoms with Gasteiger partial charge in [0.25, 0.3) is 5.91 Å². The van der Waals surface area contributed by atoms with E-state index in [2.05, 4.69) is 0 Å². The number of rotatable bonds is 3. The summed E-state index contributed by atoms with van der Waals surface area (Å²) < 4.78 is 5.21. The SMILES string of the molecule is COc1cc(C)sc1C(=O)N1CCC(C(=O)O)CC1. The molecule has 0 radical (unpaired) electrons. The maximum Gasteiger partial charge on any atom is 0.306 e. The topological polar surface area (TPSA) is 66.8 Å². The molecule has 19 heavy (non-hydrogen) atoms. The Morgan fingerprint density at radius 2 is 2.05 bits per heavy atom. The van der Waals surface area contributed by atoms with Gasteiger partial charge in [0, 0.05) is 18.0 Å². The van der Waals surface area contributed by atoms with Gasteiger partial charge in [-0.2, -0.15) is 0 Å². The summed E-state index contributed by atoms with van der Waals surface area (Å²) in [7, 11) is 1.55. The molecule has 1 aliphatic heterocycles. The van der Waals surface area contributed by atoms with Crippen LogP contribution in [0.15, 0.2) is 6.07 Å². The number of methoxy groups -OCH3 is 1. The molecule has 0 aliphatic carbocycles. The summed E-state index contributed by atoms with van der Waals surface area (Å²) in [6.07, 6.45) is 1.04. The van der Waals surface area contributed by atoms with E-state index in [1.54, 1.807) is 12.0 Å². The molecular weight excluding hydrogens is 266 g/mol. The Bertz CT molecular complexity index is 489. The van der Waals surface area contributed by atoms with Crippen molar-refractivity contribution in [1.29, 1.82) is 0 Å². The Balaban J connectivity index is 2.07. The van der Waals surface area contributed by atoms with E-state index >= 15 is 0 Å². The molecule has 104 valence electrons. The molecule has 1 amide bonds. The van der Waals surface area contributed by atoms with E-state index in [9.17, 15) is 9.59 Å². The third-order valence-electron chi connectivity index (χ3n) is 3.37. The molecule has 5 nitrogen and oxygen atoms in total. The van der Waals surface area contributed by atoms with Gasteiger partial charge in [-0.15, -0.1) is 11.3 Å². The first-order valence-corrected chi connectivity index (χ1v) is 7.01. The number of piperidine rings is 1. The van der Waals surface area contributed by atoms with Crippen LogP contribution in [-0.4, -0.2) is 42.1 Å². The highest BCUT2D eigenvalue weighted by atomic mass is 32.1. The van der Waals surface area contributed by atoms with Crippen molar-refractivity contribution in [3.63, 3.8) is 0 Å². The average Bonchev–Trinajstić information content (AvgIpc) is 2.79. The van der Waals surface area contributed by atoms with E-state index in [0.29, 0.717) is 36.6 Å². The second-order valence-electron chi connectivity index (χ2n) is 4.66. The first-order valence-electron chi connectivity index (χ1n) is 6.19. The molecule has 2 heterocycles. The molecule has 1 aromatic rings. The zero-order valence-electron chi connectivity index (χ0n) is 11.0. The van der Waals surface area contributed by atoms with Crippen LogP contribution in [0, 0.1) is 12.8 Å². The van der Waals surface area contributed by atoms with E-state index in [4.69, 9.17) is 9.84 Å². The molecule has 2 rings (SSSR count). The van der Waals surface area contributed by atoms with Crippen LogP contribution < -0.4 is 4.74 Å². The zero-order valence-corrected chi connectivity index (χ0v) is 11.8. The van der Waals surface area contributed by atoms with Gasteiger partial charge in [0.05, 0.1) is 13.0 Å². The minimum absolute atomic E-state index is 0.0567. The Kier molecular flexibility index (Phi) is 4.09. The van der Waals surface area contributed by atoms with Gasteiger partial charge in [-0.1, -0.05) is 0 Å². The largest absolute Gasteiger partial charge is 0.495 e. The molecule has 0 atom stereocenters. The van der Waals surface area contributed by atoms with Gasteiger partial charge in [-0.05, 0) is 25.8 Å². The minimum Gasteiger partial charge on any atom is -0.495 e. The van der Waals surface area contributed by atoms with E-state index in [1.165, 1.54) is 11.3 Å². The van der Waals surface area contributed by atoms with Gasteiger partial charge in [0.2, 0.25) is 0 Å². The number of hydrogen-bond donors (Lipinski definition) is 1. The quantitative estimate of drug-likeness (QED) is 0.921. The average molecular weight is 283 g/mol. The maximum atomic E-state index is 12.4. The smallest absolute Gasteiger partial charge is 0.306 e. The molecule has 1 N–H and O–H groups in total. The normalized spacial score (nSPS) is 16.4. The Morgan fingerprint density at radius 1 is 1.42 bits per heavy atom. The molecule has 0 unspecified atom stereocenters. The monoisotopic (exact) mass is 283 g/mol. The molecule has 0 spiro atoms. The molecule has 1 fully saturated rings. The fourth-order valence-electron chi connectivity index (χ4n) is 2.26. The van der Waals surface area contributed by atoms with Crippen molar-refractivity contribution >= 4 is 23.2 Å². The van der Waals surface area contributed by atoms with Crippen LogP contribution in [0.3, 0.4) is 0 Å². The van der Waals surface area contributed by atoms with Crippen molar-refractivity contribution in [3.8, 4) is 5.75 Å². The van der Waals surface area contributed by atoms with Crippen molar-refractivity contribution in [2.24, 2.45) is 5.92 Å². The number of aliphatic carboxylic acids is 1. The fourth-order valence-corrected chi connectivity index (χ4v) is 3.21. The standard InChI is InChI=1S/C13H17NO4S/c1-8-7-10(18-2)11(19-8)12(15)14-5-3-9(4-6-14)13(16)17/h7,9H,3-6H2,1-2H3,(H,16,17). The van der Waals surface area contributed by atoms with Crippen molar-refractivity contribution < 1.29 is 19.4 Å². The number of nitrogens with zero attached hydrogens (tertiary/aromatic N) is 1. The Labute approximate surface area is 115 Å². The molecule has 0 saturated carbocycles. The highest BCUT2D eigenvalue weighted by Gasteiger charge is 2.29. The van der Waals surface area contributed by atoms with Crippen molar-refractivity contribution in [3.05, 3.63) is 15.8 Å². The fraction of sp³-hybridized carbons (Fsp3) is 0.538. The predicted molar refractivity (Wildman–Crippen MR) is 71.9 cm³/mol. The lowest BCUT2D eigenvalue weighted by atomic mass is 9.97. The van der Waals surface area contributed by atoms with E-state index in [-0.39, 0.29) is 11.8 Å². The number of likely N-dealkylation sites (tertiary alicyclic amines) is 1. The number of thiophene rings is 1. The van der Waals surface area contributed by atoms with E-state index in [0.717, 1.165) is 4.88 Å². The third-order valence-corrected chi connectivity index (χ3v) is 4.39. The number of carboxylic acids is 1. The van der Waals surface area contributed by atoms with Crippen LogP contribution in [-0.2, 0) is 4.79 Å². The first kappa shape index (κ1) is 13.9. The lowest BCUT2D eigenvalue weighted by molar-refractivity contribution is -0.143. The summed E-state index contributed by atoms with van der Waals surface area (Å²) in [6.45, 7) is 2.92. The summed E-state index contributed by atoms with van der Waals surface area (Å²) in [4.78, 5) is 26.6. The summed E-state index contributed by atoms with van der Waals surface area (Å²) >= 11 is 1.42. The van der Waals surface area contributed by atoms with E-state index in [1.807, 2.05) is 13.0 Å². The number of hydrogen-bond acceptors (Lipinski definition) is 4. The molecule has 1 saturated heterocycles. The van der Waals surface area contributed by atoms with Crippen LogP contribution in [0.4, 0.5) is 0 Å². The summed E-state index contributed by atoms with van der Waals surface area (Å²) in [6, 6.07) is 1.85. The van der Waals surface area contributed by atoms with Crippen LogP contribution in [0.2, 0.25) is 0 Å².